The standard InChI is InChI=1S/C29H22ClN3O3S/c1-33-25-15-21(19-6-3-2-4-7-19)14-24(26(25)28(32-33)37-23-9-5-8-22(30)16-23)27(34)31-17-18-10-12-20(13-11-18)29(35)36/h2-16H,17H2,1H3,(H,31,34)(H,35,36). The molecule has 6 nitrogen and oxygen atoms in total. The van der Waals surface area contributed by atoms with Gasteiger partial charge in [0.15, 0.2) is 0 Å². The van der Waals surface area contributed by atoms with Crippen LogP contribution < -0.4 is 5.32 Å². The van der Waals surface area contributed by atoms with Crippen LogP contribution in [-0.4, -0.2) is 26.8 Å². The van der Waals surface area contributed by atoms with E-state index in [-0.39, 0.29) is 18.0 Å². The number of benzene rings is 4. The normalized spacial score (nSPS) is 11.0. The summed E-state index contributed by atoms with van der Waals surface area (Å²) in [5, 5.41) is 18.9. The molecule has 0 aliphatic rings. The summed E-state index contributed by atoms with van der Waals surface area (Å²) >= 11 is 7.65. The second-order valence-corrected chi connectivity index (χ2v) is 9.96. The molecule has 0 atom stereocenters. The third kappa shape index (κ3) is 5.38. The second kappa shape index (κ2) is 10.5. The Kier molecular flexibility index (Phi) is 6.99. The number of hydrogen-bond donors (Lipinski definition) is 2. The molecule has 1 aromatic heterocycles. The molecule has 1 amide bonds. The lowest BCUT2D eigenvalue weighted by Gasteiger charge is -2.11. The van der Waals surface area contributed by atoms with Crippen LogP contribution in [0.3, 0.4) is 0 Å². The molecular formula is C29H22ClN3O3S. The number of aromatic carboxylic acids is 1. The van der Waals surface area contributed by atoms with Crippen molar-refractivity contribution in [2.24, 2.45) is 7.05 Å². The minimum absolute atomic E-state index is 0.199. The Morgan fingerprint density at radius 3 is 2.41 bits per heavy atom. The number of carboxylic acids is 1. The molecule has 8 heteroatoms. The number of amides is 1. The zero-order chi connectivity index (χ0) is 25.9. The number of nitrogens with one attached hydrogen (secondary N) is 1. The lowest BCUT2D eigenvalue weighted by molar-refractivity contribution is 0.0696. The van der Waals surface area contributed by atoms with E-state index in [9.17, 15) is 9.59 Å². The van der Waals surface area contributed by atoms with Gasteiger partial charge in [-0.1, -0.05) is 71.9 Å². The van der Waals surface area contributed by atoms with Crippen molar-refractivity contribution in [1.82, 2.24) is 15.1 Å². The first-order valence-corrected chi connectivity index (χ1v) is 12.7. The number of carboxylic acid groups (broad SMARTS) is 1. The summed E-state index contributed by atoms with van der Waals surface area (Å²) in [5.74, 6) is -1.23. The Labute approximate surface area is 222 Å². The molecule has 37 heavy (non-hydrogen) atoms. The van der Waals surface area contributed by atoms with Gasteiger partial charge >= 0.3 is 5.97 Å². The van der Waals surface area contributed by atoms with Crippen LogP contribution in [0, 0.1) is 0 Å². The van der Waals surface area contributed by atoms with Crippen LogP contribution >= 0.6 is 23.4 Å². The first kappa shape index (κ1) is 24.6. The van der Waals surface area contributed by atoms with E-state index in [1.165, 1.54) is 23.9 Å². The first-order valence-electron chi connectivity index (χ1n) is 11.5. The maximum absolute atomic E-state index is 13.6. The van der Waals surface area contributed by atoms with Crippen LogP contribution in [0.5, 0.6) is 0 Å². The lowest BCUT2D eigenvalue weighted by atomic mass is 9.99. The molecule has 0 radical (unpaired) electrons. The van der Waals surface area contributed by atoms with Gasteiger partial charge < -0.3 is 10.4 Å². The fourth-order valence-corrected chi connectivity index (χ4v) is 5.37. The van der Waals surface area contributed by atoms with Crippen molar-refractivity contribution in [3.05, 3.63) is 113 Å². The predicted molar refractivity (Wildman–Crippen MR) is 146 cm³/mol. The number of carbonyl (C=O) groups is 2. The largest absolute Gasteiger partial charge is 0.478 e. The van der Waals surface area contributed by atoms with Crippen LogP contribution in [0.25, 0.3) is 22.0 Å². The highest BCUT2D eigenvalue weighted by Crippen LogP contribution is 2.37. The van der Waals surface area contributed by atoms with Gasteiger partial charge in [0.1, 0.15) is 5.03 Å². The van der Waals surface area contributed by atoms with Gasteiger partial charge in [0, 0.05) is 28.9 Å². The third-order valence-corrected chi connectivity index (χ3v) is 7.14. The monoisotopic (exact) mass is 527 g/mol. The molecule has 0 spiro atoms. The lowest BCUT2D eigenvalue weighted by Crippen LogP contribution is -2.23. The average molecular weight is 528 g/mol. The van der Waals surface area contributed by atoms with Crippen molar-refractivity contribution in [1.29, 1.82) is 0 Å². The predicted octanol–water partition coefficient (Wildman–Crippen LogP) is 6.67. The van der Waals surface area contributed by atoms with Crippen molar-refractivity contribution in [3.8, 4) is 11.1 Å². The summed E-state index contributed by atoms with van der Waals surface area (Å²) in [4.78, 5) is 25.6. The number of carbonyl (C=O) groups excluding carboxylic acids is 1. The van der Waals surface area contributed by atoms with Gasteiger partial charge in [-0.15, -0.1) is 0 Å². The zero-order valence-corrected chi connectivity index (χ0v) is 21.4. The quantitative estimate of drug-likeness (QED) is 0.247. The molecule has 0 saturated carbocycles. The summed E-state index contributed by atoms with van der Waals surface area (Å²) in [6, 6.07) is 27.8. The van der Waals surface area contributed by atoms with E-state index in [2.05, 4.69) is 5.32 Å². The average Bonchev–Trinajstić information content (AvgIpc) is 3.22. The molecular weight excluding hydrogens is 506 g/mol. The highest BCUT2D eigenvalue weighted by molar-refractivity contribution is 7.99. The Balaban J connectivity index is 1.55. The van der Waals surface area contributed by atoms with Crippen molar-refractivity contribution < 1.29 is 14.7 Å². The molecule has 4 aromatic carbocycles. The van der Waals surface area contributed by atoms with E-state index < -0.39 is 5.97 Å². The Hall–Kier alpha value is -4.07. The number of fused-ring (bicyclic) bond motifs is 1. The number of aromatic nitrogens is 2. The molecule has 0 bridgehead atoms. The van der Waals surface area contributed by atoms with Crippen molar-refractivity contribution >= 4 is 46.1 Å². The number of nitrogens with zero attached hydrogens (tertiary/aromatic N) is 2. The Bertz CT molecular complexity index is 1620. The molecule has 0 aliphatic carbocycles. The molecule has 0 saturated heterocycles. The summed E-state index contributed by atoms with van der Waals surface area (Å²) in [5.41, 5.74) is 4.25. The van der Waals surface area contributed by atoms with Crippen molar-refractivity contribution in [2.75, 3.05) is 0 Å². The fourth-order valence-electron chi connectivity index (χ4n) is 4.08. The molecule has 5 rings (SSSR count). The molecule has 0 fully saturated rings. The van der Waals surface area contributed by atoms with Crippen molar-refractivity contribution in [2.45, 2.75) is 16.5 Å². The van der Waals surface area contributed by atoms with E-state index >= 15 is 0 Å². The molecule has 2 N–H and O–H groups in total. The second-order valence-electron chi connectivity index (χ2n) is 8.46. The minimum atomic E-state index is -0.989. The summed E-state index contributed by atoms with van der Waals surface area (Å²) in [6.07, 6.45) is 0. The SMILES string of the molecule is Cn1nc(Sc2cccc(Cl)c2)c2c(C(=O)NCc3ccc(C(=O)O)cc3)cc(-c3ccccc3)cc21. The van der Waals surface area contributed by atoms with Crippen LogP contribution in [-0.2, 0) is 13.6 Å². The molecule has 0 unspecified atom stereocenters. The van der Waals surface area contributed by atoms with E-state index in [4.69, 9.17) is 21.8 Å². The van der Waals surface area contributed by atoms with Crippen LogP contribution in [0.15, 0.2) is 101 Å². The number of hydrogen-bond acceptors (Lipinski definition) is 4. The summed E-state index contributed by atoms with van der Waals surface area (Å²) < 4.78 is 1.79. The smallest absolute Gasteiger partial charge is 0.335 e. The van der Waals surface area contributed by atoms with Gasteiger partial charge in [0.05, 0.1) is 16.6 Å². The van der Waals surface area contributed by atoms with Gasteiger partial charge in [-0.3, -0.25) is 9.48 Å². The number of rotatable bonds is 7. The zero-order valence-electron chi connectivity index (χ0n) is 19.8. The molecule has 1 heterocycles. The van der Waals surface area contributed by atoms with Gasteiger partial charge in [-0.05, 0) is 59.2 Å². The van der Waals surface area contributed by atoms with E-state index in [1.54, 1.807) is 16.8 Å². The van der Waals surface area contributed by atoms with Gasteiger partial charge in [-0.25, -0.2) is 4.79 Å². The third-order valence-electron chi connectivity index (χ3n) is 5.94. The van der Waals surface area contributed by atoms with Gasteiger partial charge in [-0.2, -0.15) is 5.10 Å². The fraction of sp³-hybridized carbons (Fsp3) is 0.0690. The van der Waals surface area contributed by atoms with Crippen LogP contribution in [0.1, 0.15) is 26.3 Å². The van der Waals surface area contributed by atoms with Crippen LogP contribution in [0.4, 0.5) is 0 Å². The van der Waals surface area contributed by atoms with Gasteiger partial charge in [0.25, 0.3) is 5.91 Å². The maximum atomic E-state index is 13.6. The Morgan fingerprint density at radius 2 is 1.70 bits per heavy atom. The molecule has 0 aliphatic heterocycles. The molecule has 5 aromatic rings. The first-order chi connectivity index (χ1) is 17.9. The summed E-state index contributed by atoms with van der Waals surface area (Å²) in [6.45, 7) is 0.257. The highest BCUT2D eigenvalue weighted by atomic mass is 35.5. The van der Waals surface area contributed by atoms with Crippen molar-refractivity contribution in [3.63, 3.8) is 0 Å². The highest BCUT2D eigenvalue weighted by Gasteiger charge is 2.21. The van der Waals surface area contributed by atoms with Crippen LogP contribution in [0.2, 0.25) is 5.02 Å². The summed E-state index contributed by atoms with van der Waals surface area (Å²) in [7, 11) is 1.87. The topological polar surface area (TPSA) is 84.2 Å². The minimum Gasteiger partial charge on any atom is -0.478 e. The molecule has 184 valence electrons. The van der Waals surface area contributed by atoms with E-state index in [0.29, 0.717) is 15.6 Å². The van der Waals surface area contributed by atoms with E-state index in [0.717, 1.165) is 32.5 Å². The number of aryl methyl sites for hydroxylation is 1. The maximum Gasteiger partial charge on any atom is 0.335 e. The van der Waals surface area contributed by atoms with E-state index in [1.807, 2.05) is 73.8 Å². The Morgan fingerprint density at radius 1 is 0.946 bits per heavy atom. The number of halogens is 1. The van der Waals surface area contributed by atoms with Gasteiger partial charge in [0.2, 0.25) is 0 Å².